The SMILES string of the molecule is COc1nc(Cl)c([N+](=O)[O-])cc1C(F)(F)F. The van der Waals surface area contributed by atoms with Gasteiger partial charge >= 0.3 is 11.9 Å². The summed E-state index contributed by atoms with van der Waals surface area (Å²) in [7, 11) is 0.958. The molecule has 1 aromatic rings. The number of nitrogens with zero attached hydrogens (tertiary/aromatic N) is 2. The van der Waals surface area contributed by atoms with E-state index in [1.165, 1.54) is 0 Å². The number of aromatic nitrogens is 1. The third-order valence-electron chi connectivity index (χ3n) is 1.62. The van der Waals surface area contributed by atoms with Crippen LogP contribution in [0.2, 0.25) is 5.15 Å². The van der Waals surface area contributed by atoms with Crippen LogP contribution in [0.3, 0.4) is 0 Å². The molecule has 0 saturated carbocycles. The first-order valence-corrected chi connectivity index (χ1v) is 4.11. The van der Waals surface area contributed by atoms with Gasteiger partial charge in [-0.3, -0.25) is 10.1 Å². The molecule has 0 amide bonds. The Kier molecular flexibility index (Phi) is 3.22. The number of halogens is 4. The normalized spacial score (nSPS) is 11.3. The van der Waals surface area contributed by atoms with Gasteiger partial charge in [-0.15, -0.1) is 0 Å². The van der Waals surface area contributed by atoms with Crippen molar-refractivity contribution in [2.45, 2.75) is 6.18 Å². The molecule has 16 heavy (non-hydrogen) atoms. The predicted octanol–water partition coefficient (Wildman–Crippen LogP) is 2.67. The number of pyridine rings is 1. The summed E-state index contributed by atoms with van der Waals surface area (Å²) in [4.78, 5) is 12.5. The van der Waals surface area contributed by atoms with Crippen LogP contribution in [0, 0.1) is 10.1 Å². The minimum absolute atomic E-state index is 0.286. The molecule has 0 radical (unpaired) electrons. The van der Waals surface area contributed by atoms with Gasteiger partial charge in [0.05, 0.1) is 12.0 Å². The average Bonchev–Trinajstić information content (AvgIpc) is 2.14. The van der Waals surface area contributed by atoms with Gasteiger partial charge in [-0.05, 0) is 0 Å². The fourth-order valence-corrected chi connectivity index (χ4v) is 1.15. The van der Waals surface area contributed by atoms with Crippen LogP contribution in [0.4, 0.5) is 18.9 Å². The van der Waals surface area contributed by atoms with Gasteiger partial charge in [-0.25, -0.2) is 0 Å². The van der Waals surface area contributed by atoms with E-state index in [4.69, 9.17) is 11.6 Å². The number of rotatable bonds is 2. The Morgan fingerprint density at radius 1 is 1.56 bits per heavy atom. The first-order valence-electron chi connectivity index (χ1n) is 3.73. The Morgan fingerprint density at radius 3 is 2.50 bits per heavy atom. The van der Waals surface area contributed by atoms with Gasteiger partial charge in [0, 0.05) is 6.07 Å². The number of alkyl halides is 3. The summed E-state index contributed by atoms with van der Waals surface area (Å²) in [6, 6.07) is 0.286. The summed E-state index contributed by atoms with van der Waals surface area (Å²) in [6.45, 7) is 0. The molecule has 0 fully saturated rings. The predicted molar refractivity (Wildman–Crippen MR) is 47.5 cm³/mol. The highest BCUT2D eigenvalue weighted by Gasteiger charge is 2.38. The molecule has 0 aromatic carbocycles. The van der Waals surface area contributed by atoms with E-state index in [-0.39, 0.29) is 6.07 Å². The number of methoxy groups -OCH3 is 1. The van der Waals surface area contributed by atoms with E-state index in [1.807, 2.05) is 0 Å². The highest BCUT2D eigenvalue weighted by atomic mass is 35.5. The maximum Gasteiger partial charge on any atom is 0.421 e. The zero-order valence-corrected chi connectivity index (χ0v) is 8.46. The van der Waals surface area contributed by atoms with Crippen molar-refractivity contribution in [3.63, 3.8) is 0 Å². The van der Waals surface area contributed by atoms with Crippen molar-refractivity contribution in [1.29, 1.82) is 0 Å². The van der Waals surface area contributed by atoms with E-state index in [2.05, 4.69) is 9.72 Å². The summed E-state index contributed by atoms with van der Waals surface area (Å²) >= 11 is 5.33. The Balaban J connectivity index is 3.47. The standard InChI is InChI=1S/C7H4ClF3N2O3/c1-16-6-3(7(9,10)11)2-4(13(14)15)5(8)12-6/h2H,1H3. The van der Waals surface area contributed by atoms with Gasteiger partial charge in [-0.2, -0.15) is 18.2 Å². The molecule has 0 aliphatic heterocycles. The lowest BCUT2D eigenvalue weighted by atomic mass is 10.2. The lowest BCUT2D eigenvalue weighted by Gasteiger charge is -2.10. The molecule has 0 aliphatic rings. The zero-order chi connectivity index (χ0) is 12.5. The second kappa shape index (κ2) is 4.12. The maximum atomic E-state index is 12.4. The Bertz CT molecular complexity index is 436. The van der Waals surface area contributed by atoms with Crippen molar-refractivity contribution in [3.05, 3.63) is 26.9 Å². The molecule has 0 atom stereocenters. The van der Waals surface area contributed by atoms with Gasteiger partial charge in [0.1, 0.15) is 5.56 Å². The minimum Gasteiger partial charge on any atom is -0.481 e. The number of hydrogen-bond acceptors (Lipinski definition) is 4. The lowest BCUT2D eigenvalue weighted by molar-refractivity contribution is -0.385. The summed E-state index contributed by atoms with van der Waals surface area (Å²) in [5.41, 5.74) is -2.26. The van der Waals surface area contributed by atoms with Crippen molar-refractivity contribution >= 4 is 17.3 Å². The van der Waals surface area contributed by atoms with Crippen LogP contribution in [0.5, 0.6) is 5.88 Å². The van der Waals surface area contributed by atoms with Crippen LogP contribution in [0.25, 0.3) is 0 Å². The number of ether oxygens (including phenoxy) is 1. The van der Waals surface area contributed by atoms with Crippen LogP contribution in [0.1, 0.15) is 5.56 Å². The fourth-order valence-electron chi connectivity index (χ4n) is 0.951. The van der Waals surface area contributed by atoms with Gasteiger partial charge in [-0.1, -0.05) is 11.6 Å². The summed E-state index contributed by atoms with van der Waals surface area (Å²) in [5.74, 6) is -0.803. The minimum atomic E-state index is -4.80. The Morgan fingerprint density at radius 2 is 2.12 bits per heavy atom. The van der Waals surface area contributed by atoms with Gasteiger partial charge in [0.25, 0.3) is 0 Å². The van der Waals surface area contributed by atoms with Gasteiger partial charge in [0.15, 0.2) is 0 Å². The monoisotopic (exact) mass is 256 g/mol. The summed E-state index contributed by atoms with van der Waals surface area (Å²) in [5, 5.41) is 9.72. The molecule has 88 valence electrons. The van der Waals surface area contributed by atoms with E-state index >= 15 is 0 Å². The quantitative estimate of drug-likeness (QED) is 0.463. The van der Waals surface area contributed by atoms with Crippen LogP contribution in [0.15, 0.2) is 6.07 Å². The lowest BCUT2D eigenvalue weighted by Crippen LogP contribution is -2.10. The molecule has 0 saturated heterocycles. The van der Waals surface area contributed by atoms with E-state index in [0.29, 0.717) is 0 Å². The van der Waals surface area contributed by atoms with Crippen LogP contribution in [-0.4, -0.2) is 17.0 Å². The van der Waals surface area contributed by atoms with E-state index < -0.39 is 33.4 Å². The molecule has 0 spiro atoms. The topological polar surface area (TPSA) is 65.3 Å². The van der Waals surface area contributed by atoms with Crippen LogP contribution >= 0.6 is 11.6 Å². The average molecular weight is 257 g/mol. The molecule has 0 N–H and O–H groups in total. The molecule has 0 unspecified atom stereocenters. The largest absolute Gasteiger partial charge is 0.481 e. The second-order valence-electron chi connectivity index (χ2n) is 2.61. The van der Waals surface area contributed by atoms with Crippen molar-refractivity contribution in [2.75, 3.05) is 7.11 Å². The summed E-state index contributed by atoms with van der Waals surface area (Å²) < 4.78 is 41.6. The molecule has 1 rings (SSSR count). The van der Waals surface area contributed by atoms with E-state index in [1.54, 1.807) is 0 Å². The number of hydrogen-bond donors (Lipinski definition) is 0. The Labute approximate surface area is 91.9 Å². The van der Waals surface area contributed by atoms with Crippen LogP contribution in [-0.2, 0) is 6.18 Å². The zero-order valence-electron chi connectivity index (χ0n) is 7.71. The van der Waals surface area contributed by atoms with E-state index in [9.17, 15) is 23.3 Å². The summed E-state index contributed by atoms with van der Waals surface area (Å²) in [6.07, 6.45) is -4.80. The maximum absolute atomic E-state index is 12.4. The molecule has 0 bridgehead atoms. The van der Waals surface area contributed by atoms with Gasteiger partial charge in [0.2, 0.25) is 11.0 Å². The van der Waals surface area contributed by atoms with Crippen molar-refractivity contribution in [1.82, 2.24) is 4.98 Å². The third kappa shape index (κ3) is 2.32. The van der Waals surface area contributed by atoms with E-state index in [0.717, 1.165) is 7.11 Å². The highest BCUT2D eigenvalue weighted by molar-refractivity contribution is 6.31. The molecule has 0 aliphatic carbocycles. The second-order valence-corrected chi connectivity index (χ2v) is 2.97. The molecule has 1 aromatic heterocycles. The smallest absolute Gasteiger partial charge is 0.421 e. The van der Waals surface area contributed by atoms with Gasteiger partial charge < -0.3 is 4.74 Å². The molecule has 1 heterocycles. The first-order chi connectivity index (χ1) is 7.27. The molecular formula is C7H4ClF3N2O3. The molecule has 5 nitrogen and oxygen atoms in total. The van der Waals surface area contributed by atoms with Crippen molar-refractivity contribution in [2.24, 2.45) is 0 Å². The van der Waals surface area contributed by atoms with Crippen LogP contribution < -0.4 is 4.74 Å². The Hall–Kier alpha value is -1.57. The molecule has 9 heteroatoms. The first kappa shape index (κ1) is 12.5. The fraction of sp³-hybridized carbons (Fsp3) is 0.286. The number of nitro groups is 1. The molecular weight excluding hydrogens is 253 g/mol. The van der Waals surface area contributed by atoms with Crippen molar-refractivity contribution in [3.8, 4) is 5.88 Å². The van der Waals surface area contributed by atoms with Crippen molar-refractivity contribution < 1.29 is 22.8 Å². The third-order valence-corrected chi connectivity index (χ3v) is 1.90. The highest BCUT2D eigenvalue weighted by Crippen LogP contribution is 2.39.